The van der Waals surface area contributed by atoms with Gasteiger partial charge < -0.3 is 0 Å². The molecule has 0 aromatic rings. The molecule has 7 heteroatoms. The Morgan fingerprint density at radius 3 is 2.62 bits per heavy atom. The molecule has 1 saturated heterocycles. The fourth-order valence-corrected chi connectivity index (χ4v) is 7.29. The van der Waals surface area contributed by atoms with Crippen LogP contribution in [0.4, 0.5) is 4.39 Å². The van der Waals surface area contributed by atoms with Crippen LogP contribution in [0.3, 0.4) is 0 Å². The summed E-state index contributed by atoms with van der Waals surface area (Å²) in [5.74, 6) is 1.13. The Morgan fingerprint density at radius 2 is 2.00 bits per heavy atom. The molecule has 0 radical (unpaired) electrons. The first-order chi connectivity index (χ1) is 12.5. The van der Waals surface area contributed by atoms with Crippen molar-refractivity contribution in [3.63, 3.8) is 0 Å². The molecule has 0 spiro atoms. The van der Waals surface area contributed by atoms with Crippen LogP contribution in [0, 0.1) is 29.7 Å². The second-order valence-electron chi connectivity index (χ2n) is 9.64. The van der Waals surface area contributed by atoms with Gasteiger partial charge in [0.1, 0.15) is 0 Å². The Labute approximate surface area is 154 Å². The molecule has 5 nitrogen and oxygen atoms in total. The molecule has 0 aromatic carbocycles. The quantitative estimate of drug-likeness (QED) is 0.606. The average Bonchev–Trinajstić information content (AvgIpc) is 3.22. The molecule has 138 valence electrons. The van der Waals surface area contributed by atoms with E-state index < -0.39 is 17.1 Å². The van der Waals surface area contributed by atoms with Crippen LogP contribution in [-0.4, -0.2) is 48.3 Å². The van der Waals surface area contributed by atoms with E-state index >= 15 is 4.39 Å². The molecule has 4 bridgehead atoms. The normalized spacial score (nSPS) is 48.6. The molecule has 5 aliphatic carbocycles. The molecule has 3 unspecified atom stereocenters. The maximum atomic E-state index is 15.4. The summed E-state index contributed by atoms with van der Waals surface area (Å²) in [5.41, 5.74) is -1.53. The number of halogens is 1. The summed E-state index contributed by atoms with van der Waals surface area (Å²) < 4.78 is 26.4. The van der Waals surface area contributed by atoms with Crippen molar-refractivity contribution < 1.29 is 13.9 Å². The van der Waals surface area contributed by atoms with Gasteiger partial charge in [-0.25, -0.2) is 0 Å². The predicted octanol–water partition coefficient (Wildman–Crippen LogP) is 2.13. The van der Waals surface area contributed by atoms with Gasteiger partial charge in [0, 0.05) is 0 Å². The zero-order valence-electron chi connectivity index (χ0n) is 15.0. The SMILES string of the molecule is [C-]#[N+]C1C[C@@H]2C[C@@H]2N1C(=O)[C@@H](NCB=O)C12CC3CC(CC(F)(C3)C1)C2. The second-order valence-corrected chi connectivity index (χ2v) is 9.64. The summed E-state index contributed by atoms with van der Waals surface area (Å²) in [6.45, 7) is 7.46. The van der Waals surface area contributed by atoms with Gasteiger partial charge >= 0.3 is 153 Å². The number of piperidine rings is 1. The third-order valence-electron chi connectivity index (χ3n) is 7.78. The standard InChI is InChI=1S/C19H25BFN3O2/c1-22-15-4-13-3-14(13)24(15)17(25)16(23-10-20-26)18-5-11-2-12(6-18)8-19(21,7-11)9-18/h11-16,23H,2-10H2/t11?,12?,13-,14-,15?,16+,18?,19?/m0/s1. The maximum absolute atomic E-state index is 15.4. The number of carbonyl (C=O) groups excluding carboxylic acids is 1. The van der Waals surface area contributed by atoms with Gasteiger partial charge in [0.15, 0.2) is 0 Å². The molecule has 1 aliphatic heterocycles. The van der Waals surface area contributed by atoms with E-state index in [1.807, 2.05) is 0 Å². The monoisotopic (exact) mass is 357 g/mol. The van der Waals surface area contributed by atoms with Gasteiger partial charge in [0.05, 0.1) is 0 Å². The molecule has 6 rings (SSSR count). The van der Waals surface area contributed by atoms with E-state index in [4.69, 9.17) is 6.57 Å². The predicted molar refractivity (Wildman–Crippen MR) is 92.9 cm³/mol. The number of nitrogens with zero attached hydrogens (tertiary/aromatic N) is 2. The summed E-state index contributed by atoms with van der Waals surface area (Å²) in [5, 5.41) is 3.18. The fourth-order valence-electron chi connectivity index (χ4n) is 7.29. The van der Waals surface area contributed by atoms with Gasteiger partial charge in [-0.1, -0.05) is 0 Å². The number of amides is 1. The summed E-state index contributed by atoms with van der Waals surface area (Å²) in [6, 6.07) is -0.340. The molecular formula is C19H25BFN3O2. The third kappa shape index (κ3) is 2.41. The molecule has 6 fully saturated rings. The van der Waals surface area contributed by atoms with Crippen LogP contribution in [0.1, 0.15) is 51.4 Å². The van der Waals surface area contributed by atoms with Crippen molar-refractivity contribution in [1.82, 2.24) is 10.2 Å². The minimum atomic E-state index is -1.14. The first-order valence-electron chi connectivity index (χ1n) is 10.0. The molecule has 6 atom stereocenters. The van der Waals surface area contributed by atoms with Crippen molar-refractivity contribution in [3.05, 3.63) is 11.4 Å². The van der Waals surface area contributed by atoms with Gasteiger partial charge in [-0.05, 0) is 0 Å². The van der Waals surface area contributed by atoms with E-state index in [0.29, 0.717) is 37.0 Å². The van der Waals surface area contributed by atoms with E-state index in [-0.39, 0.29) is 24.6 Å². The van der Waals surface area contributed by atoms with Gasteiger partial charge in [-0.2, -0.15) is 0 Å². The molecule has 5 saturated carbocycles. The van der Waals surface area contributed by atoms with Gasteiger partial charge in [-0.3, -0.25) is 0 Å². The number of likely N-dealkylation sites (tertiary alicyclic amines) is 1. The summed E-state index contributed by atoms with van der Waals surface area (Å²) in [6.07, 6.45) is 6.04. The zero-order valence-corrected chi connectivity index (χ0v) is 15.0. The van der Waals surface area contributed by atoms with Crippen LogP contribution in [-0.2, 0) is 9.50 Å². The number of fused-ring (bicyclic) bond motifs is 1. The molecule has 26 heavy (non-hydrogen) atoms. The number of rotatable bonds is 5. The second kappa shape index (κ2) is 5.61. The average molecular weight is 357 g/mol. The number of nitrogens with one attached hydrogen (secondary N) is 1. The number of hydrogen-bond acceptors (Lipinski definition) is 3. The Bertz CT molecular complexity index is 681. The Balaban J connectivity index is 1.47. The molecule has 1 heterocycles. The minimum absolute atomic E-state index is 0.0524. The van der Waals surface area contributed by atoms with E-state index in [0.717, 1.165) is 39.3 Å². The van der Waals surface area contributed by atoms with E-state index in [1.54, 1.807) is 4.90 Å². The van der Waals surface area contributed by atoms with Crippen LogP contribution < -0.4 is 5.32 Å². The fraction of sp³-hybridized carbons (Fsp3) is 0.895. The summed E-state index contributed by atoms with van der Waals surface area (Å²) in [4.78, 5) is 19.0. The number of carbonyl (C=O) groups is 1. The number of hydrogen-bond donors (Lipinski definition) is 1. The van der Waals surface area contributed by atoms with Crippen LogP contribution in [0.15, 0.2) is 0 Å². The molecular weight excluding hydrogens is 332 g/mol. The van der Waals surface area contributed by atoms with E-state index in [1.165, 1.54) is 0 Å². The van der Waals surface area contributed by atoms with Crippen molar-refractivity contribution in [1.29, 1.82) is 0 Å². The van der Waals surface area contributed by atoms with Crippen LogP contribution in [0.25, 0.3) is 4.85 Å². The molecule has 0 aromatic heterocycles. The van der Waals surface area contributed by atoms with Gasteiger partial charge in [-0.15, -0.1) is 0 Å². The summed E-state index contributed by atoms with van der Waals surface area (Å²) >= 11 is 0. The topological polar surface area (TPSA) is 53.8 Å². The van der Waals surface area contributed by atoms with Gasteiger partial charge in [0.2, 0.25) is 0 Å². The summed E-state index contributed by atoms with van der Waals surface area (Å²) in [7, 11) is 0.780. The number of alkyl halides is 1. The van der Waals surface area contributed by atoms with Crippen molar-refractivity contribution in [2.24, 2.45) is 23.2 Å². The van der Waals surface area contributed by atoms with Gasteiger partial charge in [0.25, 0.3) is 0 Å². The Hall–Kier alpha value is -1.29. The molecule has 1 amide bonds. The third-order valence-corrected chi connectivity index (χ3v) is 7.78. The van der Waals surface area contributed by atoms with E-state index in [2.05, 4.69) is 10.2 Å². The van der Waals surface area contributed by atoms with Crippen LogP contribution in [0.5, 0.6) is 0 Å². The van der Waals surface area contributed by atoms with Crippen molar-refractivity contribution in [3.8, 4) is 0 Å². The Kier molecular flexibility index (Phi) is 3.64. The van der Waals surface area contributed by atoms with Crippen LogP contribution >= 0.6 is 0 Å². The van der Waals surface area contributed by atoms with Crippen molar-refractivity contribution in [2.45, 2.75) is 75.3 Å². The van der Waals surface area contributed by atoms with Crippen LogP contribution in [0.2, 0.25) is 0 Å². The van der Waals surface area contributed by atoms with E-state index in [9.17, 15) is 9.50 Å². The first-order valence-corrected chi connectivity index (χ1v) is 10.0. The molecule has 6 aliphatic rings. The molecule has 1 N–H and O–H groups in total. The Morgan fingerprint density at radius 1 is 1.27 bits per heavy atom. The van der Waals surface area contributed by atoms with Crippen molar-refractivity contribution >= 4 is 13.1 Å². The first kappa shape index (κ1) is 16.9. The zero-order chi connectivity index (χ0) is 18.1. The van der Waals surface area contributed by atoms with Crippen molar-refractivity contribution in [2.75, 3.05) is 6.44 Å².